The molecule has 5 aliphatic carbocycles. The van der Waals surface area contributed by atoms with Crippen LogP contribution in [-0.2, 0) is 38.0 Å². The molecule has 0 aromatic rings. The van der Waals surface area contributed by atoms with Crippen LogP contribution < -0.4 is 0 Å². The van der Waals surface area contributed by atoms with E-state index in [1.165, 1.54) is 6.92 Å². The molecule has 8 aliphatic rings. The smallest absolute Gasteiger partial charge is 0.303 e. The SMILES string of the molecule is CC(=O)O[C@@H](CC[C@@H](C)[C@H]1[C@@H](O)C[C@@]2(C)[C@@H]3CC[C@H]4[C@@](C)(CO)[C@@H](O[C@@H]5O[C@H](CO)[C@@H](O)[C@H](O)[C@H]5O)CC[C@@]45C[C@]35CC[C@]12C)C(C)(C)O[C@@H]1O[C@H](CO)[C@@H](O[C@@H]2O[C@H](CO)[C@@H](O)[C@H](O)[C@H]2O)[C@H](O)[C@H]1O. The highest BCUT2D eigenvalue weighted by Gasteiger charge is 2.83. The molecule has 0 amide bonds. The molecule has 0 radical (unpaired) electrons. The Morgan fingerprint density at radius 1 is 0.634 bits per heavy atom. The molecule has 71 heavy (non-hydrogen) atoms. The van der Waals surface area contributed by atoms with Gasteiger partial charge in [0, 0.05) is 12.3 Å². The van der Waals surface area contributed by atoms with Crippen molar-refractivity contribution in [1.29, 1.82) is 0 Å². The molecular formula is C50H84O21. The van der Waals surface area contributed by atoms with E-state index in [-0.39, 0.29) is 46.0 Å². The van der Waals surface area contributed by atoms with Crippen molar-refractivity contribution in [2.24, 2.45) is 50.7 Å². The van der Waals surface area contributed by atoms with E-state index in [1.807, 2.05) is 6.92 Å². The van der Waals surface area contributed by atoms with Crippen molar-refractivity contribution in [3.63, 3.8) is 0 Å². The Hall–Kier alpha value is -1.29. The molecule has 21 nitrogen and oxygen atoms in total. The zero-order valence-corrected chi connectivity index (χ0v) is 42.2. The fourth-order valence-electron chi connectivity index (χ4n) is 16.4. The maximum Gasteiger partial charge on any atom is 0.303 e. The van der Waals surface area contributed by atoms with Crippen LogP contribution in [0.15, 0.2) is 0 Å². The van der Waals surface area contributed by atoms with Crippen molar-refractivity contribution in [2.45, 2.75) is 229 Å². The average molecular weight is 1020 g/mol. The minimum atomic E-state index is -1.83. The average Bonchev–Trinajstić information content (AvgIpc) is 3.94. The number of carbonyl (C=O) groups is 1. The second kappa shape index (κ2) is 20.3. The van der Waals surface area contributed by atoms with Crippen molar-refractivity contribution in [2.75, 3.05) is 26.4 Å². The van der Waals surface area contributed by atoms with Crippen LogP contribution in [0.4, 0.5) is 0 Å². The lowest BCUT2D eigenvalue weighted by Gasteiger charge is -2.63. The normalized spacial score (nSPS) is 52.6. The van der Waals surface area contributed by atoms with Crippen LogP contribution in [0.2, 0.25) is 0 Å². The number of hydrogen-bond acceptors (Lipinski definition) is 21. The van der Waals surface area contributed by atoms with Gasteiger partial charge in [0.05, 0.1) is 38.6 Å². The topological polar surface area (TPSA) is 345 Å². The molecule has 5 saturated carbocycles. The third-order valence-electron chi connectivity index (χ3n) is 20.4. The van der Waals surface area contributed by atoms with Gasteiger partial charge >= 0.3 is 5.97 Å². The lowest BCUT2D eigenvalue weighted by molar-refractivity contribution is -0.370. The highest BCUT2D eigenvalue weighted by molar-refractivity contribution is 5.66. The summed E-state index contributed by atoms with van der Waals surface area (Å²) >= 11 is 0. The molecule has 0 aromatic heterocycles. The third kappa shape index (κ3) is 8.96. The fraction of sp³-hybridized carbons (Fsp3) is 0.980. The Bertz CT molecular complexity index is 1860. The number of aliphatic hydroxyl groups is 13. The van der Waals surface area contributed by atoms with Gasteiger partial charge in [-0.05, 0) is 123 Å². The van der Waals surface area contributed by atoms with Gasteiger partial charge in [-0.3, -0.25) is 4.79 Å². The van der Waals surface area contributed by atoms with E-state index in [2.05, 4.69) is 20.8 Å². The largest absolute Gasteiger partial charge is 0.460 e. The molecule has 2 spiro atoms. The van der Waals surface area contributed by atoms with Gasteiger partial charge < -0.3 is 99.5 Å². The van der Waals surface area contributed by atoms with Crippen LogP contribution >= 0.6 is 0 Å². The summed E-state index contributed by atoms with van der Waals surface area (Å²) in [6.07, 6.45) is -17.9. The van der Waals surface area contributed by atoms with E-state index in [0.29, 0.717) is 31.6 Å². The van der Waals surface area contributed by atoms with Gasteiger partial charge in [-0.1, -0.05) is 27.7 Å². The molecule has 8 rings (SSSR count). The molecular weight excluding hydrogens is 937 g/mol. The number of carbonyl (C=O) groups excluding carboxylic acids is 1. The van der Waals surface area contributed by atoms with Crippen LogP contribution in [0.5, 0.6) is 0 Å². The highest BCUT2D eigenvalue weighted by Crippen LogP contribution is 2.89. The molecule has 21 heteroatoms. The van der Waals surface area contributed by atoms with Crippen molar-refractivity contribution >= 4 is 5.97 Å². The predicted octanol–water partition coefficient (Wildman–Crippen LogP) is -1.68. The minimum Gasteiger partial charge on any atom is -0.460 e. The Morgan fingerprint density at radius 2 is 1.17 bits per heavy atom. The molecule has 410 valence electrons. The summed E-state index contributed by atoms with van der Waals surface area (Å²) in [6, 6.07) is 0. The first-order valence-electron chi connectivity index (χ1n) is 25.9. The second-order valence-corrected chi connectivity index (χ2v) is 24.2. The molecule has 3 saturated heterocycles. The standard InChI is InChI=1S/C50H84O21/c1-22(8-11-30(65-23(2)55)45(3,4)71-44-40(64)37(61)41(27(19-53)68-44)70-43-39(63)36(60)34(58)26(18-52)67-43)32-24(56)16-48(7)29-10-9-28-46(5,21-54)31(69-42-38(62)35(59)33(57)25(17-51)66-42)12-13-49(28)20-50(29,49)15-14-47(32,48)6/h22,24-44,51-54,56-64H,8-21H2,1-7H3/t22-,24+,25-,26-,27-,28+,29+,30+,31+,32+,33-,34-,35+,36+,37-,38-,39-,40-,41-,42+,43+,44+,46-,47-,48+,49-,50-/m1/s1. The number of hydrogen-bond donors (Lipinski definition) is 13. The number of ether oxygens (including phenoxy) is 7. The predicted molar refractivity (Wildman–Crippen MR) is 244 cm³/mol. The Labute approximate surface area is 415 Å². The highest BCUT2D eigenvalue weighted by atomic mass is 16.8. The lowest BCUT2D eigenvalue weighted by atomic mass is 9.41. The zero-order valence-electron chi connectivity index (χ0n) is 42.2. The molecule has 3 aliphatic heterocycles. The molecule has 13 N–H and O–H groups in total. The molecule has 3 heterocycles. The van der Waals surface area contributed by atoms with Crippen LogP contribution in [0.1, 0.15) is 113 Å². The van der Waals surface area contributed by atoms with Crippen molar-refractivity contribution < 1.29 is 104 Å². The minimum absolute atomic E-state index is 0.00873. The second-order valence-electron chi connectivity index (χ2n) is 24.2. The first-order chi connectivity index (χ1) is 33.3. The summed E-state index contributed by atoms with van der Waals surface area (Å²) in [5.74, 6) is -0.319. The first kappa shape index (κ1) is 55.9. The number of fused-ring (bicyclic) bond motifs is 2. The van der Waals surface area contributed by atoms with Gasteiger partial charge in [0.2, 0.25) is 0 Å². The quantitative estimate of drug-likeness (QED) is 0.0607. The van der Waals surface area contributed by atoms with Crippen molar-refractivity contribution in [3.05, 3.63) is 0 Å². The summed E-state index contributed by atoms with van der Waals surface area (Å²) in [5.41, 5.74) is -2.58. The van der Waals surface area contributed by atoms with E-state index in [9.17, 15) is 71.2 Å². The molecule has 8 fully saturated rings. The Balaban J connectivity index is 0.928. The summed E-state index contributed by atoms with van der Waals surface area (Å²) in [5, 5.41) is 139. The molecule has 0 aromatic carbocycles. The van der Waals surface area contributed by atoms with Crippen LogP contribution in [0, 0.1) is 50.7 Å². The van der Waals surface area contributed by atoms with E-state index >= 15 is 0 Å². The molecule has 27 atom stereocenters. The summed E-state index contributed by atoms with van der Waals surface area (Å²) in [6.45, 7) is 11.2. The van der Waals surface area contributed by atoms with Gasteiger partial charge in [-0.2, -0.15) is 0 Å². The molecule has 0 bridgehead atoms. The maximum atomic E-state index is 12.7. The zero-order chi connectivity index (χ0) is 52.1. The van der Waals surface area contributed by atoms with Crippen molar-refractivity contribution in [3.8, 4) is 0 Å². The van der Waals surface area contributed by atoms with Gasteiger partial charge in [-0.25, -0.2) is 0 Å². The number of esters is 1. The summed E-state index contributed by atoms with van der Waals surface area (Å²) < 4.78 is 41.4. The van der Waals surface area contributed by atoms with Crippen LogP contribution in [0.3, 0.4) is 0 Å². The van der Waals surface area contributed by atoms with E-state index < -0.39 is 147 Å². The van der Waals surface area contributed by atoms with Gasteiger partial charge in [0.25, 0.3) is 0 Å². The fourth-order valence-corrected chi connectivity index (χ4v) is 16.4. The van der Waals surface area contributed by atoms with Gasteiger partial charge in [0.1, 0.15) is 85.0 Å². The van der Waals surface area contributed by atoms with E-state index in [0.717, 1.165) is 38.5 Å². The maximum absolute atomic E-state index is 12.7. The Kier molecular flexibility index (Phi) is 16.0. The van der Waals surface area contributed by atoms with E-state index in [4.69, 9.17) is 33.2 Å². The number of rotatable bonds is 16. The molecule has 0 unspecified atom stereocenters. The monoisotopic (exact) mass is 1020 g/mol. The lowest BCUT2D eigenvalue weighted by Crippen LogP contribution is -2.65. The third-order valence-corrected chi connectivity index (χ3v) is 20.4. The summed E-state index contributed by atoms with van der Waals surface area (Å²) in [4.78, 5) is 12.7. The van der Waals surface area contributed by atoms with E-state index in [1.54, 1.807) is 13.8 Å². The summed E-state index contributed by atoms with van der Waals surface area (Å²) in [7, 11) is 0. The van der Waals surface area contributed by atoms with Gasteiger partial charge in [-0.15, -0.1) is 0 Å². The van der Waals surface area contributed by atoms with Crippen LogP contribution in [-0.4, -0.2) is 215 Å². The van der Waals surface area contributed by atoms with Gasteiger partial charge in [0.15, 0.2) is 18.9 Å². The van der Waals surface area contributed by atoms with Crippen LogP contribution in [0.25, 0.3) is 0 Å². The Morgan fingerprint density at radius 3 is 1.73 bits per heavy atom. The first-order valence-corrected chi connectivity index (χ1v) is 25.9. The van der Waals surface area contributed by atoms with Crippen molar-refractivity contribution in [1.82, 2.24) is 0 Å². The number of aliphatic hydroxyl groups excluding tert-OH is 13.